The summed E-state index contributed by atoms with van der Waals surface area (Å²) >= 11 is 0. The molecule has 3 N–H and O–H groups in total. The molecule has 1 aliphatic heterocycles. The van der Waals surface area contributed by atoms with Gasteiger partial charge in [0, 0.05) is 24.3 Å². The van der Waals surface area contributed by atoms with Crippen LogP contribution in [0.4, 0.5) is 18.9 Å². The summed E-state index contributed by atoms with van der Waals surface area (Å²) in [5.41, 5.74) is 4.69. The van der Waals surface area contributed by atoms with Crippen molar-refractivity contribution in [2.75, 3.05) is 18.0 Å². The fourth-order valence-corrected chi connectivity index (χ4v) is 2.60. The van der Waals surface area contributed by atoms with Crippen LogP contribution >= 0.6 is 0 Å². The van der Waals surface area contributed by atoms with Crippen LogP contribution in [0.15, 0.2) is 18.2 Å². The van der Waals surface area contributed by atoms with Crippen LogP contribution in [-0.4, -0.2) is 18.9 Å². The van der Waals surface area contributed by atoms with Crippen molar-refractivity contribution >= 4 is 11.5 Å². The molecule has 0 saturated carbocycles. The molecular formula is C14H18F3N3. The molecule has 1 atom stereocenters. The number of hydrogen-bond donors (Lipinski definition) is 2. The molecule has 0 aliphatic carbocycles. The van der Waals surface area contributed by atoms with Gasteiger partial charge in [0.1, 0.15) is 5.84 Å². The number of anilines is 1. The van der Waals surface area contributed by atoms with Crippen molar-refractivity contribution in [3.05, 3.63) is 29.3 Å². The van der Waals surface area contributed by atoms with Gasteiger partial charge in [-0.1, -0.05) is 13.3 Å². The summed E-state index contributed by atoms with van der Waals surface area (Å²) in [6.45, 7) is 3.65. The summed E-state index contributed by atoms with van der Waals surface area (Å²) in [5.74, 6) is -0.0199. The van der Waals surface area contributed by atoms with Crippen LogP contribution in [0.3, 0.4) is 0 Å². The summed E-state index contributed by atoms with van der Waals surface area (Å²) in [6.07, 6.45) is -2.46. The Balaban J connectivity index is 2.35. The molecule has 2 rings (SSSR count). The quantitative estimate of drug-likeness (QED) is 0.661. The van der Waals surface area contributed by atoms with Crippen LogP contribution in [0.25, 0.3) is 0 Å². The minimum absolute atomic E-state index is 0.257. The number of rotatable bonds is 3. The van der Waals surface area contributed by atoms with E-state index in [1.165, 1.54) is 6.07 Å². The van der Waals surface area contributed by atoms with Gasteiger partial charge in [-0.3, -0.25) is 5.41 Å². The molecule has 1 aromatic carbocycles. The average Bonchev–Trinajstić information content (AvgIpc) is 2.85. The molecule has 1 aliphatic rings. The minimum Gasteiger partial charge on any atom is -0.384 e. The molecular weight excluding hydrogens is 267 g/mol. The van der Waals surface area contributed by atoms with E-state index in [9.17, 15) is 13.2 Å². The minimum atomic E-state index is -4.50. The van der Waals surface area contributed by atoms with Crippen LogP contribution in [0, 0.1) is 11.3 Å². The van der Waals surface area contributed by atoms with Crippen molar-refractivity contribution in [2.24, 2.45) is 11.7 Å². The number of nitrogens with zero attached hydrogens (tertiary/aromatic N) is 1. The van der Waals surface area contributed by atoms with Gasteiger partial charge >= 0.3 is 6.18 Å². The van der Waals surface area contributed by atoms with Crippen molar-refractivity contribution in [2.45, 2.75) is 25.9 Å². The molecule has 1 unspecified atom stereocenters. The molecule has 1 fully saturated rings. The Morgan fingerprint density at radius 2 is 2.15 bits per heavy atom. The van der Waals surface area contributed by atoms with Crippen LogP contribution in [0.1, 0.15) is 30.9 Å². The third-order valence-electron chi connectivity index (χ3n) is 3.83. The van der Waals surface area contributed by atoms with Crippen molar-refractivity contribution in [1.29, 1.82) is 5.41 Å². The van der Waals surface area contributed by atoms with E-state index in [1.807, 2.05) is 4.90 Å². The molecule has 0 aromatic heterocycles. The zero-order chi connectivity index (χ0) is 14.9. The maximum atomic E-state index is 13.0. The maximum Gasteiger partial charge on any atom is 0.417 e. The molecule has 6 heteroatoms. The fraction of sp³-hybridized carbons (Fsp3) is 0.500. The van der Waals surface area contributed by atoms with Crippen molar-refractivity contribution in [3.8, 4) is 0 Å². The van der Waals surface area contributed by atoms with Gasteiger partial charge in [-0.2, -0.15) is 13.2 Å². The van der Waals surface area contributed by atoms with Gasteiger partial charge in [0.05, 0.1) is 5.56 Å². The van der Waals surface area contributed by atoms with Crippen molar-refractivity contribution in [3.63, 3.8) is 0 Å². The van der Waals surface area contributed by atoms with E-state index >= 15 is 0 Å². The van der Waals surface area contributed by atoms with Gasteiger partial charge in [-0.25, -0.2) is 0 Å². The zero-order valence-electron chi connectivity index (χ0n) is 11.3. The number of halogens is 3. The van der Waals surface area contributed by atoms with Crippen LogP contribution < -0.4 is 10.6 Å². The number of benzene rings is 1. The lowest BCUT2D eigenvalue weighted by Crippen LogP contribution is -2.23. The first-order valence-electron chi connectivity index (χ1n) is 6.63. The van der Waals surface area contributed by atoms with E-state index in [-0.39, 0.29) is 5.56 Å². The highest BCUT2D eigenvalue weighted by atomic mass is 19.4. The summed E-state index contributed by atoms with van der Waals surface area (Å²) in [6, 6.07) is 4.01. The van der Waals surface area contributed by atoms with E-state index in [0.29, 0.717) is 11.6 Å². The second kappa shape index (κ2) is 5.34. The van der Waals surface area contributed by atoms with E-state index in [0.717, 1.165) is 32.0 Å². The lowest BCUT2D eigenvalue weighted by Gasteiger charge is -2.21. The predicted octanol–water partition coefficient (Wildman–Crippen LogP) is 3.23. The van der Waals surface area contributed by atoms with E-state index < -0.39 is 17.6 Å². The summed E-state index contributed by atoms with van der Waals surface area (Å²) in [5, 5.41) is 7.26. The van der Waals surface area contributed by atoms with E-state index in [1.54, 1.807) is 6.07 Å². The highest BCUT2D eigenvalue weighted by molar-refractivity contribution is 5.97. The van der Waals surface area contributed by atoms with Crippen LogP contribution in [-0.2, 0) is 6.18 Å². The highest BCUT2D eigenvalue weighted by Gasteiger charge is 2.35. The Hall–Kier alpha value is -1.72. The van der Waals surface area contributed by atoms with E-state index in [4.69, 9.17) is 11.1 Å². The number of nitrogen functional groups attached to an aromatic ring is 1. The molecule has 1 aromatic rings. The fourth-order valence-electron chi connectivity index (χ4n) is 2.60. The molecule has 0 amide bonds. The van der Waals surface area contributed by atoms with E-state index in [2.05, 4.69) is 6.92 Å². The first-order valence-corrected chi connectivity index (χ1v) is 6.63. The molecule has 0 radical (unpaired) electrons. The van der Waals surface area contributed by atoms with Gasteiger partial charge in [0.2, 0.25) is 0 Å². The number of nitrogens with one attached hydrogen (secondary N) is 1. The number of alkyl halides is 3. The highest BCUT2D eigenvalue weighted by Crippen LogP contribution is 2.35. The number of nitrogens with two attached hydrogens (primary N) is 1. The molecule has 3 nitrogen and oxygen atoms in total. The molecule has 0 spiro atoms. The number of amidine groups is 1. The molecule has 1 saturated heterocycles. The summed E-state index contributed by atoms with van der Waals surface area (Å²) in [7, 11) is 0. The topological polar surface area (TPSA) is 53.1 Å². The van der Waals surface area contributed by atoms with Gasteiger partial charge in [-0.15, -0.1) is 0 Å². The average molecular weight is 285 g/mol. The molecule has 20 heavy (non-hydrogen) atoms. The largest absolute Gasteiger partial charge is 0.417 e. The predicted molar refractivity (Wildman–Crippen MR) is 73.1 cm³/mol. The first-order chi connectivity index (χ1) is 9.32. The lowest BCUT2D eigenvalue weighted by molar-refractivity contribution is -0.137. The first kappa shape index (κ1) is 14.7. The van der Waals surface area contributed by atoms with Gasteiger partial charge in [0.25, 0.3) is 0 Å². The van der Waals surface area contributed by atoms with Crippen molar-refractivity contribution < 1.29 is 13.2 Å². The Morgan fingerprint density at radius 1 is 1.45 bits per heavy atom. The standard InChI is InChI=1S/C14H18F3N3/c1-2-9-5-6-20(8-9)10-3-4-11(13(18)19)12(7-10)14(15,16)17/h3-4,7,9H,2,5-6,8H2,1H3,(H3,18,19). The Morgan fingerprint density at radius 3 is 2.65 bits per heavy atom. The normalized spacial score (nSPS) is 19.4. The van der Waals surface area contributed by atoms with Gasteiger partial charge < -0.3 is 10.6 Å². The molecule has 1 heterocycles. The van der Waals surface area contributed by atoms with Gasteiger partial charge in [-0.05, 0) is 30.5 Å². The molecule has 0 bridgehead atoms. The number of hydrogen-bond acceptors (Lipinski definition) is 2. The Bertz CT molecular complexity index is 511. The van der Waals surface area contributed by atoms with Gasteiger partial charge in [0.15, 0.2) is 0 Å². The summed E-state index contributed by atoms with van der Waals surface area (Å²) < 4.78 is 39.1. The third kappa shape index (κ3) is 2.89. The SMILES string of the molecule is CCC1CCN(c2ccc(C(=N)N)c(C(F)(F)F)c2)C1. The van der Waals surface area contributed by atoms with Crippen LogP contribution in [0.5, 0.6) is 0 Å². The maximum absolute atomic E-state index is 13.0. The second-order valence-corrected chi connectivity index (χ2v) is 5.15. The smallest absolute Gasteiger partial charge is 0.384 e. The summed E-state index contributed by atoms with van der Waals surface area (Å²) in [4.78, 5) is 1.97. The Kier molecular flexibility index (Phi) is 3.92. The van der Waals surface area contributed by atoms with Crippen molar-refractivity contribution in [1.82, 2.24) is 0 Å². The third-order valence-corrected chi connectivity index (χ3v) is 3.83. The lowest BCUT2D eigenvalue weighted by atomic mass is 10.0. The Labute approximate surface area is 116 Å². The monoisotopic (exact) mass is 285 g/mol. The second-order valence-electron chi connectivity index (χ2n) is 5.15. The molecule has 110 valence electrons. The zero-order valence-corrected chi connectivity index (χ0v) is 11.3. The van der Waals surface area contributed by atoms with Crippen LogP contribution in [0.2, 0.25) is 0 Å².